The summed E-state index contributed by atoms with van der Waals surface area (Å²) >= 11 is 0. The van der Waals surface area contributed by atoms with E-state index in [2.05, 4.69) is 15.3 Å². The lowest BCUT2D eigenvalue weighted by Crippen LogP contribution is -2.67. The number of carbonyl (C=O) groups excluding carboxylic acids is 4. The number of nitrogens with one attached hydrogen (secondary N) is 1. The van der Waals surface area contributed by atoms with Crippen molar-refractivity contribution in [3.8, 4) is 17.4 Å². The van der Waals surface area contributed by atoms with Crippen molar-refractivity contribution in [3.63, 3.8) is 0 Å². The van der Waals surface area contributed by atoms with Gasteiger partial charge in [0.2, 0.25) is 12.2 Å². The Kier molecular flexibility index (Phi) is 15.1. The smallest absolute Gasteiger partial charge is 0.408 e. The second-order valence-corrected chi connectivity index (χ2v) is 15.5. The Hall–Kier alpha value is -6.40. The maximum absolute atomic E-state index is 13.4. The van der Waals surface area contributed by atoms with Crippen LogP contribution in [0.15, 0.2) is 85.2 Å². The van der Waals surface area contributed by atoms with E-state index in [1.165, 1.54) is 25.3 Å². The van der Waals surface area contributed by atoms with E-state index >= 15 is 0 Å². The third kappa shape index (κ3) is 13.3. The fourth-order valence-corrected chi connectivity index (χ4v) is 6.81. The minimum Gasteiger partial charge on any atom is -0.487 e. The summed E-state index contributed by atoms with van der Waals surface area (Å²) in [4.78, 5) is 59.0. The zero-order valence-corrected chi connectivity index (χ0v) is 35.2. The number of pyridine rings is 2. The molecular formula is C45H49F2N3O13. The number of nitrogens with zero attached hydrogens (tertiary/aromatic N) is 2. The molecule has 1 amide bonds. The van der Waals surface area contributed by atoms with Crippen LogP contribution in [0.4, 0.5) is 13.6 Å². The first-order valence-corrected chi connectivity index (χ1v) is 20.2. The highest BCUT2D eigenvalue weighted by molar-refractivity contribution is 5.69. The summed E-state index contributed by atoms with van der Waals surface area (Å²) in [6, 6.07) is 19.1. The van der Waals surface area contributed by atoms with Crippen molar-refractivity contribution in [1.82, 2.24) is 15.3 Å². The zero-order chi connectivity index (χ0) is 45.3. The molecule has 2 aromatic heterocycles. The highest BCUT2D eigenvalue weighted by Crippen LogP contribution is 2.39. The minimum atomic E-state index is -3.06. The number of hydrogen-bond acceptors (Lipinski definition) is 15. The fourth-order valence-electron chi connectivity index (χ4n) is 6.81. The Bertz CT molecular complexity index is 2190. The largest absolute Gasteiger partial charge is 0.487 e. The molecule has 1 aliphatic heterocycles. The van der Waals surface area contributed by atoms with Crippen LogP contribution in [0, 0.1) is 0 Å². The minimum absolute atomic E-state index is 0.00619. The average molecular weight is 878 g/mol. The lowest BCUT2D eigenvalue weighted by Gasteiger charge is -2.44. The molecule has 0 bridgehead atoms. The Labute approximate surface area is 362 Å². The van der Waals surface area contributed by atoms with Gasteiger partial charge in [0.25, 0.3) is 0 Å². The van der Waals surface area contributed by atoms with E-state index in [0.29, 0.717) is 28.8 Å². The Morgan fingerprint density at radius 1 is 0.810 bits per heavy atom. The van der Waals surface area contributed by atoms with Crippen molar-refractivity contribution in [2.24, 2.45) is 0 Å². The second kappa shape index (κ2) is 20.6. The summed E-state index contributed by atoms with van der Waals surface area (Å²) in [6.45, 7) is 3.05. The predicted molar refractivity (Wildman–Crippen MR) is 217 cm³/mol. The van der Waals surface area contributed by atoms with E-state index in [-0.39, 0.29) is 30.1 Å². The molecule has 0 radical (unpaired) electrons. The third-order valence-corrected chi connectivity index (χ3v) is 9.89. The van der Waals surface area contributed by atoms with Gasteiger partial charge in [-0.2, -0.15) is 8.78 Å². The molecule has 4 aromatic rings. The second-order valence-electron chi connectivity index (χ2n) is 15.5. The molecule has 0 unspecified atom stereocenters. The standard InChI is InChI=1S/C45H49F2N3O13/c1-25(51)56-24-36-40(58-26(2)52)41(59-27(3)53)39(50-44(54)57-23-28-9-7-6-8-10-28)42(61-36)63-38-18-11-29(21-49-38)19-33(31-13-17-37(48-22-31)45(4,5)55)30-12-16-34(62-43(46)47)35(20-30)60-32-14-15-32/h6-13,16-18,20-22,32-33,36,39-43,55H,14-15,19,23-24H2,1-5H3,(H,50,54)/t33-,36+,39+,40+,41+,42-/m0/s1. The lowest BCUT2D eigenvalue weighted by molar-refractivity contribution is -0.257. The van der Waals surface area contributed by atoms with Gasteiger partial charge in [-0.1, -0.05) is 48.5 Å². The van der Waals surface area contributed by atoms with Crippen LogP contribution in [0.5, 0.6) is 17.4 Å². The van der Waals surface area contributed by atoms with Crippen molar-refractivity contribution in [3.05, 3.63) is 113 Å². The van der Waals surface area contributed by atoms with Crippen molar-refractivity contribution >= 4 is 24.0 Å². The molecule has 63 heavy (non-hydrogen) atoms. The van der Waals surface area contributed by atoms with E-state index in [4.69, 9.17) is 37.9 Å². The quantitative estimate of drug-likeness (QED) is 0.0865. The number of amides is 1. The van der Waals surface area contributed by atoms with Gasteiger partial charge < -0.3 is 48.3 Å². The molecule has 2 aromatic carbocycles. The highest BCUT2D eigenvalue weighted by Gasteiger charge is 2.52. The third-order valence-electron chi connectivity index (χ3n) is 9.89. The predicted octanol–water partition coefficient (Wildman–Crippen LogP) is 6.05. The molecule has 336 valence electrons. The van der Waals surface area contributed by atoms with Gasteiger partial charge in [-0.05, 0) is 73.6 Å². The molecule has 2 aliphatic rings. The number of esters is 3. The summed E-state index contributed by atoms with van der Waals surface area (Å²) in [5, 5.41) is 13.2. The fraction of sp³-hybridized carbons (Fsp3) is 0.422. The van der Waals surface area contributed by atoms with E-state index in [1.54, 1.807) is 74.6 Å². The number of carbonyl (C=O) groups is 4. The molecule has 1 saturated heterocycles. The molecule has 1 saturated carbocycles. The van der Waals surface area contributed by atoms with Crippen LogP contribution >= 0.6 is 0 Å². The average Bonchev–Trinajstić information content (AvgIpc) is 4.05. The van der Waals surface area contributed by atoms with Crippen molar-refractivity contribution in [1.29, 1.82) is 0 Å². The molecule has 2 fully saturated rings. The van der Waals surface area contributed by atoms with Gasteiger partial charge in [-0.3, -0.25) is 19.4 Å². The topological polar surface area (TPSA) is 200 Å². The van der Waals surface area contributed by atoms with Gasteiger partial charge in [-0.15, -0.1) is 0 Å². The maximum Gasteiger partial charge on any atom is 0.408 e. The Morgan fingerprint density at radius 3 is 2.13 bits per heavy atom. The summed E-state index contributed by atoms with van der Waals surface area (Å²) in [7, 11) is 0. The van der Waals surface area contributed by atoms with E-state index in [0.717, 1.165) is 32.3 Å². The Morgan fingerprint density at radius 2 is 1.52 bits per heavy atom. The van der Waals surface area contributed by atoms with Crippen LogP contribution in [0.3, 0.4) is 0 Å². The van der Waals surface area contributed by atoms with Crippen LogP contribution in [0.1, 0.15) is 81.3 Å². The van der Waals surface area contributed by atoms with Crippen molar-refractivity contribution < 1.29 is 71.0 Å². The van der Waals surface area contributed by atoms with E-state index in [1.807, 2.05) is 6.07 Å². The number of aliphatic hydroxyl groups is 1. The van der Waals surface area contributed by atoms with Crippen LogP contribution in [0.25, 0.3) is 0 Å². The number of rotatable bonds is 18. The van der Waals surface area contributed by atoms with Crippen molar-refractivity contribution in [2.45, 2.75) is 115 Å². The van der Waals surface area contributed by atoms with Crippen LogP contribution < -0.4 is 19.5 Å². The summed E-state index contributed by atoms with van der Waals surface area (Å²) in [5.74, 6) is -2.59. The van der Waals surface area contributed by atoms with Crippen molar-refractivity contribution in [2.75, 3.05) is 6.61 Å². The van der Waals surface area contributed by atoms with E-state index in [9.17, 15) is 33.1 Å². The van der Waals surface area contributed by atoms with Gasteiger partial charge in [0.15, 0.2) is 23.7 Å². The molecule has 1 aliphatic carbocycles. The van der Waals surface area contributed by atoms with Crippen LogP contribution in [0.2, 0.25) is 0 Å². The molecule has 6 atom stereocenters. The summed E-state index contributed by atoms with van der Waals surface area (Å²) < 4.78 is 71.7. The van der Waals surface area contributed by atoms with Gasteiger partial charge in [0.1, 0.15) is 31.0 Å². The highest BCUT2D eigenvalue weighted by atomic mass is 19.3. The summed E-state index contributed by atoms with van der Waals surface area (Å²) in [6.07, 6.45) is -1.53. The molecular weight excluding hydrogens is 828 g/mol. The Balaban J connectivity index is 1.29. The number of aromatic nitrogens is 2. The molecule has 0 spiro atoms. The monoisotopic (exact) mass is 877 g/mol. The first-order chi connectivity index (χ1) is 30.0. The molecule has 18 heteroatoms. The van der Waals surface area contributed by atoms with Gasteiger partial charge in [0.05, 0.1) is 11.8 Å². The first kappa shape index (κ1) is 46.1. The lowest BCUT2D eigenvalue weighted by atomic mass is 9.86. The maximum atomic E-state index is 13.4. The number of alkyl halides is 2. The van der Waals surface area contributed by atoms with E-state index < -0.39 is 79.4 Å². The zero-order valence-electron chi connectivity index (χ0n) is 35.2. The molecule has 3 heterocycles. The normalized spacial score (nSPS) is 20.2. The first-order valence-electron chi connectivity index (χ1n) is 20.2. The summed E-state index contributed by atoms with van der Waals surface area (Å²) in [5.41, 5.74) is 2.07. The van der Waals surface area contributed by atoms with Gasteiger partial charge in [0, 0.05) is 45.1 Å². The number of hydrogen-bond donors (Lipinski definition) is 2. The van der Waals surface area contributed by atoms with Crippen LogP contribution in [-0.2, 0) is 56.7 Å². The van der Waals surface area contributed by atoms with Crippen LogP contribution in [-0.4, -0.2) is 89.0 Å². The number of halogens is 2. The SMILES string of the molecule is CC(=O)OC[C@H]1O[C@@H](Oc2ccc(C[C@H](c3ccc(C(C)(C)O)nc3)c3ccc(OC(F)F)c(OC4CC4)c3)cn2)[C@H](NC(=O)OCc2ccccc2)[C@@H](OC(C)=O)[C@@H]1OC(C)=O. The number of ether oxygens (including phenoxy) is 8. The van der Waals surface area contributed by atoms with Gasteiger partial charge >= 0.3 is 30.6 Å². The number of benzene rings is 2. The molecule has 2 N–H and O–H groups in total. The van der Waals surface area contributed by atoms with Gasteiger partial charge in [-0.25, -0.2) is 9.78 Å². The number of alkyl carbamates (subject to hydrolysis) is 1. The molecule has 16 nitrogen and oxygen atoms in total. The molecule has 6 rings (SSSR count).